The van der Waals surface area contributed by atoms with Crippen LogP contribution in [0.2, 0.25) is 0 Å². The van der Waals surface area contributed by atoms with Gasteiger partial charge in [-0.2, -0.15) is 0 Å². The number of carbonyl (C=O) groups is 1. The highest BCUT2D eigenvalue weighted by molar-refractivity contribution is 5.74. The van der Waals surface area contributed by atoms with Crippen LogP contribution in [0.1, 0.15) is 33.1 Å². The van der Waals surface area contributed by atoms with Gasteiger partial charge in [0.05, 0.1) is 0 Å². The second-order valence-corrected chi connectivity index (χ2v) is 3.93. The lowest BCUT2D eigenvalue weighted by Crippen LogP contribution is -2.38. The molecule has 76 valence electrons. The van der Waals surface area contributed by atoms with Crippen LogP contribution >= 0.6 is 0 Å². The van der Waals surface area contributed by atoms with Gasteiger partial charge in [0.15, 0.2) is 0 Å². The second-order valence-electron chi connectivity index (χ2n) is 3.93. The number of nitrogens with one attached hydrogen (secondary N) is 1. The third kappa shape index (κ3) is 3.25. The van der Waals surface area contributed by atoms with Crippen molar-refractivity contribution >= 4 is 6.03 Å². The van der Waals surface area contributed by atoms with E-state index in [-0.39, 0.29) is 6.03 Å². The summed E-state index contributed by atoms with van der Waals surface area (Å²) in [6.07, 6.45) is 3.37. The molecule has 1 aliphatic rings. The molecule has 1 unspecified atom stereocenters. The highest BCUT2D eigenvalue weighted by Crippen LogP contribution is 2.14. The van der Waals surface area contributed by atoms with E-state index in [1.165, 1.54) is 0 Å². The first kappa shape index (κ1) is 10.4. The molecule has 1 N–H and O–H groups in total. The smallest absolute Gasteiger partial charge is 0.317 e. The third-order valence-electron chi connectivity index (χ3n) is 2.52. The molecule has 0 aliphatic carbocycles. The minimum Gasteiger partial charge on any atom is -0.338 e. The molecule has 1 atom stereocenters. The quantitative estimate of drug-likeness (QED) is 0.667. The van der Waals surface area contributed by atoms with Crippen LogP contribution in [0, 0.1) is 5.92 Å². The molecular formula is C10H20N2O. The summed E-state index contributed by atoms with van der Waals surface area (Å²) < 4.78 is 0. The number of likely N-dealkylation sites (tertiary alicyclic amines) is 1. The number of rotatable bonds is 3. The van der Waals surface area contributed by atoms with Crippen LogP contribution in [0.15, 0.2) is 0 Å². The summed E-state index contributed by atoms with van der Waals surface area (Å²) in [4.78, 5) is 13.4. The summed E-state index contributed by atoms with van der Waals surface area (Å²) >= 11 is 0. The number of unbranched alkanes of at least 4 members (excludes halogenated alkanes) is 1. The van der Waals surface area contributed by atoms with E-state index in [0.29, 0.717) is 5.92 Å². The summed E-state index contributed by atoms with van der Waals surface area (Å²) in [7, 11) is 0. The molecule has 3 nitrogen and oxygen atoms in total. The fourth-order valence-electron chi connectivity index (χ4n) is 1.60. The average Bonchev–Trinajstić information content (AvgIpc) is 2.52. The fourth-order valence-corrected chi connectivity index (χ4v) is 1.60. The lowest BCUT2D eigenvalue weighted by Gasteiger charge is -2.16. The van der Waals surface area contributed by atoms with Crippen molar-refractivity contribution < 1.29 is 4.79 Å². The Bertz CT molecular complexity index is 170. The summed E-state index contributed by atoms with van der Waals surface area (Å²) in [5.74, 6) is 0.678. The summed E-state index contributed by atoms with van der Waals surface area (Å²) in [5.41, 5.74) is 0. The SMILES string of the molecule is CCCCNC(=O)N1CCC(C)C1. The standard InChI is InChI=1S/C10H20N2O/c1-3-4-6-11-10(13)12-7-5-9(2)8-12/h9H,3-8H2,1-2H3,(H,11,13). The minimum atomic E-state index is 0.123. The molecule has 1 heterocycles. The van der Waals surface area contributed by atoms with Crippen molar-refractivity contribution in [3.63, 3.8) is 0 Å². The zero-order valence-electron chi connectivity index (χ0n) is 8.68. The van der Waals surface area contributed by atoms with Gasteiger partial charge in [0.25, 0.3) is 0 Å². The fraction of sp³-hybridized carbons (Fsp3) is 0.900. The molecule has 3 heteroatoms. The largest absolute Gasteiger partial charge is 0.338 e. The Morgan fingerprint density at radius 2 is 2.38 bits per heavy atom. The summed E-state index contributed by atoms with van der Waals surface area (Å²) in [6.45, 7) is 7.00. The van der Waals surface area contributed by atoms with Crippen LogP contribution in [0.3, 0.4) is 0 Å². The third-order valence-corrected chi connectivity index (χ3v) is 2.52. The normalized spacial score (nSPS) is 22.0. The molecule has 0 saturated carbocycles. The van der Waals surface area contributed by atoms with Crippen LogP contribution in [0.5, 0.6) is 0 Å². The molecule has 0 aromatic rings. The van der Waals surface area contributed by atoms with E-state index in [4.69, 9.17) is 0 Å². The van der Waals surface area contributed by atoms with E-state index in [1.807, 2.05) is 4.90 Å². The monoisotopic (exact) mass is 184 g/mol. The summed E-state index contributed by atoms with van der Waals surface area (Å²) in [6, 6.07) is 0.123. The number of amides is 2. The van der Waals surface area contributed by atoms with Crippen molar-refractivity contribution in [3.05, 3.63) is 0 Å². The van der Waals surface area contributed by atoms with E-state index in [0.717, 1.165) is 38.9 Å². The van der Waals surface area contributed by atoms with Gasteiger partial charge in [-0.15, -0.1) is 0 Å². The van der Waals surface area contributed by atoms with Gasteiger partial charge in [-0.05, 0) is 18.8 Å². The van der Waals surface area contributed by atoms with Gasteiger partial charge >= 0.3 is 6.03 Å². The highest BCUT2D eigenvalue weighted by Gasteiger charge is 2.22. The van der Waals surface area contributed by atoms with Crippen LogP contribution in [0.4, 0.5) is 4.79 Å². The average molecular weight is 184 g/mol. The summed E-state index contributed by atoms with van der Waals surface area (Å²) in [5, 5.41) is 2.93. The van der Waals surface area contributed by atoms with Crippen molar-refractivity contribution in [2.75, 3.05) is 19.6 Å². The van der Waals surface area contributed by atoms with Gasteiger partial charge in [0.1, 0.15) is 0 Å². The Morgan fingerprint density at radius 3 is 2.92 bits per heavy atom. The maximum Gasteiger partial charge on any atom is 0.317 e. The molecule has 0 spiro atoms. The van der Waals surface area contributed by atoms with Gasteiger partial charge in [-0.1, -0.05) is 20.3 Å². The predicted octanol–water partition coefficient (Wildman–Crippen LogP) is 1.84. The van der Waals surface area contributed by atoms with Gasteiger partial charge in [-0.25, -0.2) is 4.79 Å². The minimum absolute atomic E-state index is 0.123. The van der Waals surface area contributed by atoms with E-state index >= 15 is 0 Å². The Labute approximate surface area is 80.5 Å². The van der Waals surface area contributed by atoms with Crippen LogP contribution in [-0.2, 0) is 0 Å². The number of hydrogen-bond acceptors (Lipinski definition) is 1. The van der Waals surface area contributed by atoms with Gasteiger partial charge in [0, 0.05) is 19.6 Å². The molecule has 0 aromatic heterocycles. The molecule has 13 heavy (non-hydrogen) atoms. The Kier molecular flexibility index (Phi) is 4.06. The van der Waals surface area contributed by atoms with Crippen molar-refractivity contribution in [1.29, 1.82) is 0 Å². The molecule has 0 aromatic carbocycles. The molecule has 1 rings (SSSR count). The van der Waals surface area contributed by atoms with Crippen molar-refractivity contribution in [3.8, 4) is 0 Å². The Morgan fingerprint density at radius 1 is 1.62 bits per heavy atom. The molecular weight excluding hydrogens is 164 g/mol. The molecule has 0 radical (unpaired) electrons. The number of nitrogens with zero attached hydrogens (tertiary/aromatic N) is 1. The number of hydrogen-bond donors (Lipinski definition) is 1. The predicted molar refractivity (Wildman–Crippen MR) is 53.7 cm³/mol. The van der Waals surface area contributed by atoms with E-state index in [2.05, 4.69) is 19.2 Å². The van der Waals surface area contributed by atoms with Gasteiger partial charge in [-0.3, -0.25) is 0 Å². The zero-order valence-corrected chi connectivity index (χ0v) is 8.68. The first-order valence-corrected chi connectivity index (χ1v) is 5.26. The Balaban J connectivity index is 2.16. The first-order chi connectivity index (χ1) is 6.24. The molecule has 1 aliphatic heterocycles. The van der Waals surface area contributed by atoms with E-state index in [1.54, 1.807) is 0 Å². The molecule has 2 amide bonds. The molecule has 0 bridgehead atoms. The topological polar surface area (TPSA) is 32.3 Å². The Hall–Kier alpha value is -0.730. The number of carbonyl (C=O) groups excluding carboxylic acids is 1. The van der Waals surface area contributed by atoms with Gasteiger partial charge < -0.3 is 10.2 Å². The molecule has 1 saturated heterocycles. The lowest BCUT2D eigenvalue weighted by molar-refractivity contribution is 0.207. The maximum atomic E-state index is 11.5. The number of urea groups is 1. The maximum absolute atomic E-state index is 11.5. The first-order valence-electron chi connectivity index (χ1n) is 5.26. The van der Waals surface area contributed by atoms with Crippen LogP contribution < -0.4 is 5.32 Å². The highest BCUT2D eigenvalue weighted by atomic mass is 16.2. The van der Waals surface area contributed by atoms with E-state index < -0.39 is 0 Å². The zero-order chi connectivity index (χ0) is 9.68. The van der Waals surface area contributed by atoms with Gasteiger partial charge in [0.2, 0.25) is 0 Å². The van der Waals surface area contributed by atoms with Crippen LogP contribution in [-0.4, -0.2) is 30.6 Å². The molecule has 1 fully saturated rings. The van der Waals surface area contributed by atoms with Crippen molar-refractivity contribution in [2.45, 2.75) is 33.1 Å². The lowest BCUT2D eigenvalue weighted by atomic mass is 10.2. The van der Waals surface area contributed by atoms with Crippen LogP contribution in [0.25, 0.3) is 0 Å². The van der Waals surface area contributed by atoms with E-state index in [9.17, 15) is 4.79 Å². The second kappa shape index (κ2) is 5.10. The van der Waals surface area contributed by atoms with Crippen molar-refractivity contribution in [2.24, 2.45) is 5.92 Å². The van der Waals surface area contributed by atoms with Crippen molar-refractivity contribution in [1.82, 2.24) is 10.2 Å².